The molecule has 1 atom stereocenters. The Morgan fingerprint density at radius 2 is 1.60 bits per heavy atom. The number of nitrogens with one attached hydrogen (secondary N) is 1. The predicted octanol–water partition coefficient (Wildman–Crippen LogP) is 8.32. The molecule has 81 heavy (non-hydrogen) atoms. The van der Waals surface area contributed by atoms with E-state index in [2.05, 4.69) is 19.7 Å². The molecule has 418 valence electrons. The van der Waals surface area contributed by atoms with E-state index in [1.54, 1.807) is 42.9 Å². The maximum absolute atomic E-state index is 13.7. The average Bonchev–Trinajstić information content (AvgIpc) is 4.12. The number of carboxylic acids is 2. The summed E-state index contributed by atoms with van der Waals surface area (Å²) in [4.78, 5) is 65.9. The van der Waals surface area contributed by atoms with E-state index >= 15 is 0 Å². The third kappa shape index (κ3) is 12.9. The highest BCUT2D eigenvalue weighted by molar-refractivity contribution is 7.98. The van der Waals surface area contributed by atoms with Gasteiger partial charge in [0.2, 0.25) is 10.0 Å². The second kappa shape index (κ2) is 25.8. The van der Waals surface area contributed by atoms with Gasteiger partial charge in [0.1, 0.15) is 47.6 Å². The molecule has 0 aliphatic heterocycles. The van der Waals surface area contributed by atoms with E-state index < -0.39 is 45.8 Å². The normalized spacial score (nSPS) is 12.2. The van der Waals surface area contributed by atoms with Crippen LogP contribution in [0.1, 0.15) is 69.5 Å². The Morgan fingerprint density at radius 3 is 2.31 bits per heavy atom. The molecular formula is C58H56N8O12S3. The van der Waals surface area contributed by atoms with Gasteiger partial charge in [0.25, 0.3) is 5.56 Å². The molecule has 4 aromatic carbocycles. The summed E-state index contributed by atoms with van der Waals surface area (Å²) in [5.41, 5.74) is 6.33. The first-order chi connectivity index (χ1) is 39.2. The van der Waals surface area contributed by atoms with E-state index in [0.717, 1.165) is 61.2 Å². The predicted molar refractivity (Wildman–Crippen MR) is 307 cm³/mol. The number of benzene rings is 4. The number of methoxy groups -OCH3 is 1. The minimum Gasteiger partial charge on any atom is -0.494 e. The largest absolute Gasteiger partial charge is 0.494 e. The highest BCUT2D eigenvalue weighted by Gasteiger charge is 2.33. The van der Waals surface area contributed by atoms with Gasteiger partial charge >= 0.3 is 17.6 Å². The molecular weight excluding hydrogens is 1100 g/mol. The summed E-state index contributed by atoms with van der Waals surface area (Å²) in [6.45, 7) is 3.39. The van der Waals surface area contributed by atoms with E-state index in [1.165, 1.54) is 48.0 Å². The van der Waals surface area contributed by atoms with Crippen molar-refractivity contribution in [2.24, 2.45) is 0 Å². The third-order valence-electron chi connectivity index (χ3n) is 13.2. The van der Waals surface area contributed by atoms with Crippen molar-refractivity contribution in [1.82, 2.24) is 38.6 Å². The zero-order valence-corrected chi connectivity index (χ0v) is 46.9. The van der Waals surface area contributed by atoms with Crippen molar-refractivity contribution in [2.75, 3.05) is 32.5 Å². The van der Waals surface area contributed by atoms with Crippen LogP contribution >= 0.6 is 23.1 Å². The number of carbonyl (C=O) groups is 2. The molecule has 20 nitrogen and oxygen atoms in total. The van der Waals surface area contributed by atoms with Crippen LogP contribution in [0.5, 0.6) is 17.2 Å². The SMILES string of the molecule is CCOc1cccc(C(c2ccccn2)n2nc(C(=O)O)c3c2-c2ccc(OCc4cncnc4)cc2CC3)c1.CCS(=O)(=O)NCc1c(-c2ccc(OCOC)cc2)sc2c1c(=O)n(CC(=O)O)c(=O)n2Cc1ccccc1SC. The van der Waals surface area contributed by atoms with E-state index in [1.807, 2.05) is 103 Å². The molecule has 3 N–H and O–H groups in total. The molecule has 5 aromatic heterocycles. The van der Waals surface area contributed by atoms with Gasteiger partial charge in [-0.15, -0.1) is 23.1 Å². The van der Waals surface area contributed by atoms with Crippen molar-refractivity contribution in [3.05, 3.63) is 200 Å². The summed E-state index contributed by atoms with van der Waals surface area (Å²) in [7, 11) is -2.15. The second-order valence-corrected chi connectivity index (χ2v) is 22.2. The molecule has 0 spiro atoms. The number of fused-ring (bicyclic) bond motifs is 4. The van der Waals surface area contributed by atoms with Crippen LogP contribution in [0, 0.1) is 0 Å². The molecule has 10 rings (SSSR count). The molecule has 0 fully saturated rings. The summed E-state index contributed by atoms with van der Waals surface area (Å²) >= 11 is 2.67. The number of aromatic carboxylic acids is 1. The lowest BCUT2D eigenvalue weighted by molar-refractivity contribution is -0.137. The van der Waals surface area contributed by atoms with Crippen molar-refractivity contribution >= 4 is 55.3 Å². The Hall–Kier alpha value is -8.48. The molecule has 1 aliphatic carbocycles. The number of hydrogen-bond donors (Lipinski definition) is 3. The van der Waals surface area contributed by atoms with Gasteiger partial charge < -0.3 is 29.2 Å². The summed E-state index contributed by atoms with van der Waals surface area (Å²) in [6, 6.07) is 33.4. The second-order valence-electron chi connectivity index (χ2n) is 18.3. The summed E-state index contributed by atoms with van der Waals surface area (Å²) < 4.78 is 53.4. The van der Waals surface area contributed by atoms with Gasteiger partial charge in [-0.1, -0.05) is 36.4 Å². The number of sulfonamides is 1. The maximum Gasteiger partial charge on any atom is 0.356 e. The van der Waals surface area contributed by atoms with Crippen LogP contribution in [-0.2, 0) is 58.6 Å². The zero-order valence-electron chi connectivity index (χ0n) is 44.5. The Kier molecular flexibility index (Phi) is 18.2. The van der Waals surface area contributed by atoms with Gasteiger partial charge in [-0.05, 0) is 128 Å². The monoisotopic (exact) mass is 1150 g/mol. The minimum atomic E-state index is -3.65. The molecule has 0 saturated heterocycles. The lowest BCUT2D eigenvalue weighted by Crippen LogP contribution is -2.41. The van der Waals surface area contributed by atoms with Gasteiger partial charge in [0, 0.05) is 64.3 Å². The highest BCUT2D eigenvalue weighted by Crippen LogP contribution is 2.42. The number of thiophene rings is 1. The number of aromatic nitrogens is 7. The molecule has 5 heterocycles. The quantitative estimate of drug-likeness (QED) is 0.0426. The smallest absolute Gasteiger partial charge is 0.356 e. The van der Waals surface area contributed by atoms with E-state index in [4.69, 9.17) is 24.0 Å². The first-order valence-corrected chi connectivity index (χ1v) is 29.2. The van der Waals surface area contributed by atoms with Crippen LogP contribution in [0.25, 0.3) is 31.9 Å². The van der Waals surface area contributed by atoms with Crippen LogP contribution in [0.3, 0.4) is 0 Å². The van der Waals surface area contributed by atoms with Crippen molar-refractivity contribution in [3.63, 3.8) is 0 Å². The Bertz CT molecular complexity index is 3960. The molecule has 23 heteroatoms. The number of rotatable bonds is 22. The van der Waals surface area contributed by atoms with Gasteiger partial charge in [-0.25, -0.2) is 37.3 Å². The number of carboxylic acid groups (broad SMARTS) is 2. The summed E-state index contributed by atoms with van der Waals surface area (Å²) in [5, 5.41) is 24.4. The van der Waals surface area contributed by atoms with E-state index in [-0.39, 0.29) is 36.7 Å². The topological polar surface area (TPSA) is 258 Å². The van der Waals surface area contributed by atoms with Gasteiger partial charge in [-0.3, -0.25) is 23.8 Å². The minimum absolute atomic E-state index is 0.0548. The molecule has 0 radical (unpaired) electrons. The van der Waals surface area contributed by atoms with Crippen molar-refractivity contribution < 1.29 is 47.2 Å². The molecule has 0 saturated carbocycles. The summed E-state index contributed by atoms with van der Waals surface area (Å²) in [6.07, 6.45) is 9.80. The number of thioether (sulfide) groups is 1. The van der Waals surface area contributed by atoms with E-state index in [9.17, 15) is 37.8 Å². The Morgan fingerprint density at radius 1 is 0.852 bits per heavy atom. The highest BCUT2D eigenvalue weighted by atomic mass is 32.2. The van der Waals surface area contributed by atoms with Crippen LogP contribution in [-0.4, -0.2) is 97.0 Å². The first-order valence-electron chi connectivity index (χ1n) is 25.5. The van der Waals surface area contributed by atoms with Crippen LogP contribution < -0.4 is 30.2 Å². The third-order valence-corrected chi connectivity index (χ3v) is 16.7. The Balaban J connectivity index is 0.000000196. The number of pyridine rings is 1. The van der Waals surface area contributed by atoms with Crippen molar-refractivity contribution in [2.45, 2.75) is 63.9 Å². The number of aliphatic carboxylic acids is 1. The van der Waals surface area contributed by atoms with Crippen LogP contribution in [0.15, 0.2) is 149 Å². The fraction of sp³-hybridized carbons (Fsp3) is 0.241. The molecule has 1 unspecified atom stereocenters. The standard InChI is InChI=1S/C31H27N5O4.C27H29N3O8S3/c1-2-39-23-7-5-6-22(15-23)29(27-8-3-4-13-34-27)36-30-25-12-10-24(40-18-20-16-32-19-33-17-20)14-21(25)9-11-26(30)28(35-36)31(37)38;1-4-41(35,36)28-13-20-23-25(33)29(15-22(31)32)27(34)30(14-18-7-5-6-8-21(18)39-3)26(23)40-24(20)17-9-11-19(12-10-17)38-16-37-2/h3-8,10,12-17,19,29H,2,9,11,18H2,1H3,(H,37,38);5-12,28H,4,13-16H2,1-3H3,(H,31,32). The number of ether oxygens (including phenoxy) is 4. The van der Waals surface area contributed by atoms with Gasteiger partial charge in [0.05, 0.1) is 35.7 Å². The lowest BCUT2D eigenvalue weighted by atomic mass is 9.88. The number of hydrogen-bond acceptors (Lipinski definition) is 16. The van der Waals surface area contributed by atoms with Crippen molar-refractivity contribution in [1.29, 1.82) is 0 Å². The van der Waals surface area contributed by atoms with Gasteiger partial charge in [-0.2, -0.15) is 5.10 Å². The van der Waals surface area contributed by atoms with Crippen LogP contribution in [0.4, 0.5) is 0 Å². The Labute approximate surface area is 473 Å². The fourth-order valence-corrected chi connectivity index (χ4v) is 11.9. The number of aryl methyl sites for hydroxylation is 1. The summed E-state index contributed by atoms with van der Waals surface area (Å²) in [5.74, 6) is -0.580. The molecule has 1 aliphatic rings. The van der Waals surface area contributed by atoms with Gasteiger partial charge in [0.15, 0.2) is 12.5 Å². The molecule has 0 bridgehead atoms. The fourth-order valence-electron chi connectivity index (χ4n) is 9.45. The lowest BCUT2D eigenvalue weighted by Gasteiger charge is -2.24. The molecule has 0 amide bonds. The molecule has 9 aromatic rings. The maximum atomic E-state index is 13.7. The number of nitrogens with zero attached hydrogens (tertiary/aromatic N) is 7. The first kappa shape index (κ1) is 57.2. The average molecular weight is 1150 g/mol. The van der Waals surface area contributed by atoms with Crippen LogP contribution in [0.2, 0.25) is 0 Å². The zero-order chi connectivity index (χ0) is 57.2. The van der Waals surface area contributed by atoms with E-state index in [0.29, 0.717) is 57.2 Å². The van der Waals surface area contributed by atoms with Crippen molar-refractivity contribution in [3.8, 4) is 38.9 Å².